The summed E-state index contributed by atoms with van der Waals surface area (Å²) in [5.41, 5.74) is 5.76. The molecule has 4 nitrogen and oxygen atoms in total. The van der Waals surface area contributed by atoms with Gasteiger partial charge in [0.05, 0.1) is 11.3 Å². The highest BCUT2D eigenvalue weighted by atomic mass is 79.9. The van der Waals surface area contributed by atoms with Crippen molar-refractivity contribution in [1.29, 1.82) is 0 Å². The molecule has 0 atom stereocenters. The van der Waals surface area contributed by atoms with Gasteiger partial charge in [0.25, 0.3) is 0 Å². The van der Waals surface area contributed by atoms with Crippen molar-refractivity contribution in [3.63, 3.8) is 0 Å². The van der Waals surface area contributed by atoms with Gasteiger partial charge in [-0.25, -0.2) is 4.79 Å². The quantitative estimate of drug-likeness (QED) is 0.275. The molecule has 0 unspecified atom stereocenters. The van der Waals surface area contributed by atoms with Crippen LogP contribution in [-0.4, -0.2) is 16.2 Å². The van der Waals surface area contributed by atoms with Gasteiger partial charge in [0.2, 0.25) is 0 Å². The van der Waals surface area contributed by atoms with E-state index in [1.807, 2.05) is 24.3 Å². The fraction of sp³-hybridized carbons (Fsp3) is 0.250. The van der Waals surface area contributed by atoms with Crippen LogP contribution >= 0.6 is 31.9 Å². The Balaban J connectivity index is 1.73. The normalized spacial score (nSPS) is 16.4. The van der Waals surface area contributed by atoms with Gasteiger partial charge >= 0.3 is 5.97 Å². The monoisotopic (exact) mass is 528 g/mol. The number of halogens is 2. The van der Waals surface area contributed by atoms with E-state index in [1.165, 1.54) is 5.69 Å². The van der Waals surface area contributed by atoms with Crippen LogP contribution in [0.1, 0.15) is 47.6 Å². The third kappa shape index (κ3) is 4.16. The van der Waals surface area contributed by atoms with E-state index >= 15 is 0 Å². The number of nitrogens with zero attached hydrogens (tertiary/aromatic N) is 2. The van der Waals surface area contributed by atoms with Crippen LogP contribution in [0.2, 0.25) is 0 Å². The molecule has 1 aliphatic carbocycles. The maximum absolute atomic E-state index is 12.5. The second-order valence-electron chi connectivity index (χ2n) is 8.37. The first-order valence-electron chi connectivity index (χ1n) is 9.75. The van der Waals surface area contributed by atoms with E-state index in [0.29, 0.717) is 10.0 Å². The van der Waals surface area contributed by atoms with Crippen molar-refractivity contribution >= 4 is 43.5 Å². The van der Waals surface area contributed by atoms with Crippen molar-refractivity contribution in [2.45, 2.75) is 33.6 Å². The zero-order valence-corrected chi connectivity index (χ0v) is 20.2. The van der Waals surface area contributed by atoms with Crippen LogP contribution in [0.15, 0.2) is 68.7 Å². The lowest BCUT2D eigenvalue weighted by molar-refractivity contribution is 0.0513. The lowest BCUT2D eigenvalue weighted by Gasteiger charge is -2.31. The van der Waals surface area contributed by atoms with E-state index < -0.39 is 5.97 Å². The topological polar surface area (TPSA) is 43.6 Å². The van der Waals surface area contributed by atoms with Gasteiger partial charge in [-0.3, -0.25) is 0 Å². The molecular formula is C24H22Br2N2O2. The molecule has 0 bridgehead atoms. The minimum atomic E-state index is -0.469. The fourth-order valence-electron chi connectivity index (χ4n) is 3.98. The average Bonchev–Trinajstić information content (AvgIpc) is 3.01. The summed E-state index contributed by atoms with van der Waals surface area (Å²) >= 11 is 6.90. The molecule has 0 N–H and O–H groups in total. The van der Waals surface area contributed by atoms with Crippen LogP contribution in [0, 0.1) is 12.3 Å². The molecule has 0 amide bonds. The van der Waals surface area contributed by atoms with Gasteiger partial charge in [-0.15, -0.1) is 0 Å². The van der Waals surface area contributed by atoms with Crippen molar-refractivity contribution in [3.05, 3.63) is 86.1 Å². The molecule has 1 heterocycles. The summed E-state index contributed by atoms with van der Waals surface area (Å²) in [6.07, 6.45) is 1.66. The molecule has 0 spiro atoms. The summed E-state index contributed by atoms with van der Waals surface area (Å²) < 4.78 is 4.01. The lowest BCUT2D eigenvalue weighted by Crippen LogP contribution is -2.28. The highest BCUT2D eigenvalue weighted by Crippen LogP contribution is 2.38. The minimum Gasteiger partial charge on any atom is -0.318 e. The van der Waals surface area contributed by atoms with Crippen molar-refractivity contribution in [2.75, 3.05) is 0 Å². The second-order valence-corrected chi connectivity index (χ2v) is 10.1. The van der Waals surface area contributed by atoms with Crippen molar-refractivity contribution in [1.82, 2.24) is 4.57 Å². The Morgan fingerprint density at radius 2 is 1.77 bits per heavy atom. The van der Waals surface area contributed by atoms with Gasteiger partial charge in [-0.05, 0) is 83.6 Å². The summed E-state index contributed by atoms with van der Waals surface area (Å²) in [6, 6.07) is 17.6. The Bertz CT molecular complexity index is 1140. The predicted octanol–water partition coefficient (Wildman–Crippen LogP) is 6.84. The minimum absolute atomic E-state index is 0.00345. The van der Waals surface area contributed by atoms with Crippen LogP contribution in [0.25, 0.3) is 5.69 Å². The fourth-order valence-corrected chi connectivity index (χ4v) is 4.69. The number of hydrogen-bond donors (Lipinski definition) is 0. The standard InChI is InChI=1S/C24H22Br2N2O2/c1-15-12-19-21(27-30-23(29)18-6-4-5-7-20(18)26)13-24(2,3)14-22(19)28(15)17-10-8-16(25)9-11-17/h4-12H,13-14H2,1-3H3/b27-21+. The van der Waals surface area contributed by atoms with Crippen LogP contribution in [0.3, 0.4) is 0 Å². The van der Waals surface area contributed by atoms with Crippen LogP contribution in [0.5, 0.6) is 0 Å². The molecule has 0 aliphatic heterocycles. The number of fused-ring (bicyclic) bond motifs is 1. The Morgan fingerprint density at radius 3 is 2.47 bits per heavy atom. The molecule has 2 aromatic carbocycles. The van der Waals surface area contributed by atoms with E-state index in [1.54, 1.807) is 12.1 Å². The summed E-state index contributed by atoms with van der Waals surface area (Å²) in [6.45, 7) is 6.53. The molecule has 1 aliphatic rings. The number of aromatic nitrogens is 1. The SMILES string of the molecule is Cc1cc2c(n1-c1ccc(Br)cc1)CC(C)(C)C/C2=N\OC(=O)c1ccccc1Br. The molecule has 6 heteroatoms. The molecule has 0 saturated heterocycles. The van der Waals surface area contributed by atoms with Crippen molar-refractivity contribution in [3.8, 4) is 5.69 Å². The molecule has 0 fully saturated rings. The number of benzene rings is 2. The van der Waals surface area contributed by atoms with Gasteiger partial charge in [-0.2, -0.15) is 0 Å². The summed E-state index contributed by atoms with van der Waals surface area (Å²) in [5, 5.41) is 4.33. The first-order chi connectivity index (χ1) is 14.2. The largest absolute Gasteiger partial charge is 0.366 e. The molecule has 30 heavy (non-hydrogen) atoms. The van der Waals surface area contributed by atoms with Gasteiger partial charge in [-0.1, -0.05) is 47.1 Å². The number of hydrogen-bond acceptors (Lipinski definition) is 3. The third-order valence-corrected chi connectivity index (χ3v) is 6.53. The average molecular weight is 530 g/mol. The second kappa shape index (κ2) is 8.16. The van der Waals surface area contributed by atoms with E-state index in [0.717, 1.165) is 40.0 Å². The van der Waals surface area contributed by atoms with Crippen LogP contribution in [0.4, 0.5) is 0 Å². The van der Waals surface area contributed by atoms with E-state index in [2.05, 4.69) is 80.6 Å². The summed E-state index contributed by atoms with van der Waals surface area (Å²) in [7, 11) is 0. The van der Waals surface area contributed by atoms with Gasteiger partial charge in [0.1, 0.15) is 0 Å². The van der Waals surface area contributed by atoms with E-state index in [4.69, 9.17) is 4.84 Å². The molecule has 1 aromatic heterocycles. The highest BCUT2D eigenvalue weighted by Gasteiger charge is 2.33. The number of aryl methyl sites for hydroxylation is 1. The maximum atomic E-state index is 12.5. The maximum Gasteiger partial charge on any atom is 0.366 e. The van der Waals surface area contributed by atoms with E-state index in [-0.39, 0.29) is 5.41 Å². The van der Waals surface area contributed by atoms with Crippen molar-refractivity contribution < 1.29 is 9.63 Å². The Kier molecular flexibility index (Phi) is 5.73. The van der Waals surface area contributed by atoms with Crippen molar-refractivity contribution in [2.24, 2.45) is 10.6 Å². The molecule has 0 radical (unpaired) electrons. The predicted molar refractivity (Wildman–Crippen MR) is 126 cm³/mol. The summed E-state index contributed by atoms with van der Waals surface area (Å²) in [5.74, 6) is -0.469. The number of oxime groups is 1. The molecule has 4 rings (SSSR count). The number of carbonyl (C=O) groups is 1. The smallest absolute Gasteiger partial charge is 0.318 e. The Labute approximate surface area is 193 Å². The number of rotatable bonds is 3. The van der Waals surface area contributed by atoms with Gasteiger partial charge in [0, 0.05) is 31.6 Å². The van der Waals surface area contributed by atoms with Gasteiger partial charge in [0.15, 0.2) is 0 Å². The molecule has 154 valence electrons. The first-order valence-corrected chi connectivity index (χ1v) is 11.3. The Hall–Kier alpha value is -2.18. The number of carbonyl (C=O) groups excluding carboxylic acids is 1. The lowest BCUT2D eigenvalue weighted by atomic mass is 9.76. The zero-order valence-electron chi connectivity index (χ0n) is 17.1. The summed E-state index contributed by atoms with van der Waals surface area (Å²) in [4.78, 5) is 17.9. The first kappa shape index (κ1) is 21.1. The van der Waals surface area contributed by atoms with Crippen LogP contribution < -0.4 is 0 Å². The zero-order chi connectivity index (χ0) is 21.5. The third-order valence-electron chi connectivity index (χ3n) is 5.31. The molecule has 3 aromatic rings. The van der Waals surface area contributed by atoms with E-state index in [9.17, 15) is 4.79 Å². The van der Waals surface area contributed by atoms with Gasteiger partial charge < -0.3 is 9.40 Å². The Morgan fingerprint density at radius 1 is 1.07 bits per heavy atom. The molecule has 0 saturated carbocycles. The molecular weight excluding hydrogens is 508 g/mol. The van der Waals surface area contributed by atoms with Crippen LogP contribution in [-0.2, 0) is 11.3 Å². The highest BCUT2D eigenvalue weighted by molar-refractivity contribution is 9.10.